The number of likely N-dealkylation sites (N-methyl/N-ethyl adjacent to an activating group) is 1. The van der Waals surface area contributed by atoms with E-state index in [9.17, 15) is 14.4 Å². The largest absolute Gasteiger partial charge is 0.493 e. The smallest absolute Gasteiger partial charge is 0.410 e. The second-order valence-corrected chi connectivity index (χ2v) is 13.6. The van der Waals surface area contributed by atoms with Gasteiger partial charge < -0.3 is 34.5 Å². The molecular weight excluding hydrogens is 610 g/mol. The first-order chi connectivity index (χ1) is 21.9. The van der Waals surface area contributed by atoms with Crippen LogP contribution >= 0.6 is 11.6 Å². The number of carbonyl (C=O) groups excluding carboxylic acids is 3. The van der Waals surface area contributed by atoms with Crippen LogP contribution < -0.4 is 15.4 Å². The Labute approximate surface area is 277 Å². The van der Waals surface area contributed by atoms with Crippen molar-refractivity contribution in [1.29, 1.82) is 0 Å². The molecule has 1 aliphatic heterocycles. The maximum Gasteiger partial charge on any atom is 0.410 e. The first-order valence-electron chi connectivity index (χ1n) is 16.2. The first kappa shape index (κ1) is 35.4. The highest BCUT2D eigenvalue weighted by atomic mass is 35.5. The van der Waals surface area contributed by atoms with Crippen LogP contribution in [0, 0.1) is 5.92 Å². The van der Waals surface area contributed by atoms with E-state index >= 15 is 0 Å². The van der Waals surface area contributed by atoms with Crippen LogP contribution in [-0.2, 0) is 20.6 Å². The van der Waals surface area contributed by atoms with Gasteiger partial charge in [0, 0.05) is 48.7 Å². The molecule has 1 aliphatic carbocycles. The Morgan fingerprint density at radius 1 is 1.11 bits per heavy atom. The Morgan fingerprint density at radius 2 is 1.87 bits per heavy atom. The molecule has 46 heavy (non-hydrogen) atoms. The van der Waals surface area contributed by atoms with Crippen LogP contribution in [0.15, 0.2) is 36.4 Å². The molecule has 0 aromatic heterocycles. The number of nitrogens with one attached hydrogen (secondary N) is 2. The predicted molar refractivity (Wildman–Crippen MR) is 177 cm³/mol. The quantitative estimate of drug-likeness (QED) is 0.245. The van der Waals surface area contributed by atoms with E-state index in [0.717, 1.165) is 30.4 Å². The highest BCUT2D eigenvalue weighted by molar-refractivity contribution is 6.30. The monoisotopic (exact) mass is 657 g/mol. The van der Waals surface area contributed by atoms with E-state index in [1.807, 2.05) is 51.1 Å². The van der Waals surface area contributed by atoms with E-state index < -0.39 is 23.9 Å². The lowest BCUT2D eigenvalue weighted by Crippen LogP contribution is -2.46. The molecule has 10 nitrogen and oxygen atoms in total. The Balaban J connectivity index is 1.60. The van der Waals surface area contributed by atoms with Crippen molar-refractivity contribution in [3.8, 4) is 5.75 Å². The fourth-order valence-electron chi connectivity index (χ4n) is 6.12. The zero-order chi connectivity index (χ0) is 33.3. The Hall–Kier alpha value is -3.50. The van der Waals surface area contributed by atoms with E-state index in [1.54, 1.807) is 18.0 Å². The summed E-state index contributed by atoms with van der Waals surface area (Å²) in [5.41, 5.74) is 2.27. The highest BCUT2D eigenvalue weighted by Gasteiger charge is 2.30. The minimum absolute atomic E-state index is 0.179. The number of amides is 3. The van der Waals surface area contributed by atoms with Crippen molar-refractivity contribution >= 4 is 29.7 Å². The van der Waals surface area contributed by atoms with Crippen molar-refractivity contribution in [3.05, 3.63) is 63.7 Å². The van der Waals surface area contributed by atoms with Gasteiger partial charge in [0.15, 0.2) is 0 Å². The van der Waals surface area contributed by atoms with Crippen molar-refractivity contribution < 1.29 is 33.3 Å². The molecule has 4 rings (SSSR count). The normalized spacial score (nSPS) is 16.0. The number of rotatable bonds is 12. The van der Waals surface area contributed by atoms with E-state index in [4.69, 9.17) is 25.8 Å². The first-order valence-corrected chi connectivity index (χ1v) is 16.5. The summed E-state index contributed by atoms with van der Waals surface area (Å²) in [6.07, 6.45) is 5.68. The number of nitrogens with zero attached hydrogens (tertiary/aromatic N) is 1. The molecule has 1 saturated carbocycles. The lowest BCUT2D eigenvalue weighted by atomic mass is 9.84. The number of hydrogen-bond acceptors (Lipinski definition) is 7. The highest BCUT2D eigenvalue weighted by Crippen LogP contribution is 2.40. The van der Waals surface area contributed by atoms with E-state index in [1.165, 1.54) is 26.4 Å². The zero-order valence-corrected chi connectivity index (χ0v) is 28.4. The van der Waals surface area contributed by atoms with E-state index in [2.05, 4.69) is 15.4 Å². The average molecular weight is 658 g/mol. The average Bonchev–Trinajstić information content (AvgIpc) is 3.49. The molecular formula is C35H48ClN3O7. The van der Waals surface area contributed by atoms with Crippen molar-refractivity contribution in [2.24, 2.45) is 5.92 Å². The third-order valence-electron chi connectivity index (χ3n) is 8.23. The van der Waals surface area contributed by atoms with Crippen molar-refractivity contribution in [2.45, 2.75) is 83.5 Å². The van der Waals surface area contributed by atoms with Crippen molar-refractivity contribution in [1.82, 2.24) is 15.5 Å². The van der Waals surface area contributed by atoms with Crippen LogP contribution in [0.2, 0.25) is 5.02 Å². The molecule has 1 heterocycles. The van der Waals surface area contributed by atoms with Crippen LogP contribution in [0.1, 0.15) is 92.4 Å². The molecule has 252 valence electrons. The molecule has 2 aromatic carbocycles. The summed E-state index contributed by atoms with van der Waals surface area (Å²) in [4.78, 5) is 40.0. The molecule has 2 aliphatic rings. The molecule has 2 atom stereocenters. The van der Waals surface area contributed by atoms with Crippen molar-refractivity contribution in [2.75, 3.05) is 40.5 Å². The van der Waals surface area contributed by atoms with Crippen LogP contribution in [0.5, 0.6) is 5.75 Å². The number of halogens is 1. The minimum atomic E-state index is -0.618. The second kappa shape index (κ2) is 16.4. The lowest BCUT2D eigenvalue weighted by molar-refractivity contribution is 0.0274. The van der Waals surface area contributed by atoms with Gasteiger partial charge in [0.1, 0.15) is 17.5 Å². The van der Waals surface area contributed by atoms with Gasteiger partial charge in [-0.2, -0.15) is 0 Å². The summed E-state index contributed by atoms with van der Waals surface area (Å²) in [6.45, 7) is 6.74. The van der Waals surface area contributed by atoms with Gasteiger partial charge >= 0.3 is 12.2 Å². The van der Waals surface area contributed by atoms with Gasteiger partial charge in [-0.1, -0.05) is 55.8 Å². The third kappa shape index (κ3) is 10.3. The lowest BCUT2D eigenvalue weighted by Gasteiger charge is -2.31. The summed E-state index contributed by atoms with van der Waals surface area (Å²) >= 11 is 6.37. The number of ether oxygens (including phenoxy) is 4. The van der Waals surface area contributed by atoms with E-state index in [-0.39, 0.29) is 25.1 Å². The van der Waals surface area contributed by atoms with Gasteiger partial charge in [0.25, 0.3) is 5.91 Å². The maximum absolute atomic E-state index is 14.0. The van der Waals surface area contributed by atoms with Crippen LogP contribution in [0.4, 0.5) is 9.59 Å². The molecule has 2 N–H and O–H groups in total. The van der Waals surface area contributed by atoms with Gasteiger partial charge in [0.2, 0.25) is 0 Å². The molecule has 2 aromatic rings. The molecule has 0 radical (unpaired) electrons. The predicted octanol–water partition coefficient (Wildman–Crippen LogP) is 6.67. The van der Waals surface area contributed by atoms with Crippen LogP contribution in [0.25, 0.3) is 0 Å². The summed E-state index contributed by atoms with van der Waals surface area (Å²) in [6, 6.07) is 10.8. The van der Waals surface area contributed by atoms with E-state index in [0.29, 0.717) is 47.4 Å². The second-order valence-electron chi connectivity index (χ2n) is 13.1. The summed E-state index contributed by atoms with van der Waals surface area (Å²) in [7, 11) is 3.01. The van der Waals surface area contributed by atoms with Gasteiger partial charge in [-0.05, 0) is 68.5 Å². The summed E-state index contributed by atoms with van der Waals surface area (Å²) < 4.78 is 22.6. The fourth-order valence-corrected chi connectivity index (χ4v) is 6.32. The maximum atomic E-state index is 14.0. The van der Waals surface area contributed by atoms with Gasteiger partial charge in [-0.15, -0.1) is 0 Å². The minimum Gasteiger partial charge on any atom is -0.493 e. The molecule has 3 amide bonds. The Kier molecular flexibility index (Phi) is 12.6. The number of alkyl carbamates (subject to hydrolysis) is 1. The molecule has 0 spiro atoms. The molecule has 1 fully saturated rings. The van der Waals surface area contributed by atoms with Gasteiger partial charge in [-0.3, -0.25) is 4.79 Å². The number of methoxy groups -OCH3 is 1. The summed E-state index contributed by atoms with van der Waals surface area (Å²) in [5, 5.41) is 6.43. The Bertz CT molecular complexity index is 1360. The number of benzene rings is 2. The standard InChI is InChI=1S/C35H48ClN3O7/c1-35(2,3)46-34(42)39(4)22-28(18-23-10-7-6-8-11-23)38-32(40)26-19-25-14-16-44-31(25)29(21-26)30(24-12-9-13-27(36)20-24)45-17-15-37-33(41)43-5/h9,12-13,19-21,23,28,30H,6-8,10-11,14-18,22H2,1-5H3,(H,37,41)(H,38,40)/t28-,30?/m0/s1. The third-order valence-corrected chi connectivity index (χ3v) is 8.46. The molecule has 1 unspecified atom stereocenters. The fraction of sp³-hybridized carbons (Fsp3) is 0.571. The molecule has 0 saturated heterocycles. The molecule has 0 bridgehead atoms. The zero-order valence-electron chi connectivity index (χ0n) is 27.7. The van der Waals surface area contributed by atoms with Gasteiger partial charge in [0.05, 0.1) is 20.3 Å². The van der Waals surface area contributed by atoms with Gasteiger partial charge in [-0.25, -0.2) is 9.59 Å². The van der Waals surface area contributed by atoms with Crippen molar-refractivity contribution in [3.63, 3.8) is 0 Å². The number of hydrogen-bond donors (Lipinski definition) is 2. The number of fused-ring (bicyclic) bond motifs is 1. The number of carbonyl (C=O) groups is 3. The summed E-state index contributed by atoms with van der Waals surface area (Å²) in [5.74, 6) is 0.937. The SMILES string of the molecule is COC(=O)NCCOC(c1cccc(Cl)c1)c1cc(C(=O)N[C@@H](CC2CCCCC2)CN(C)C(=O)OC(C)(C)C)cc2c1OCC2. The van der Waals surface area contributed by atoms with Crippen LogP contribution in [0.3, 0.4) is 0 Å². The van der Waals surface area contributed by atoms with Crippen LogP contribution in [-0.4, -0.2) is 75.1 Å². The topological polar surface area (TPSA) is 115 Å². The molecule has 11 heteroatoms. The Morgan fingerprint density at radius 3 is 2.57 bits per heavy atom.